The maximum atomic E-state index is 13.3. The normalized spacial score (nSPS) is 16.1. The highest BCUT2D eigenvalue weighted by Crippen LogP contribution is 2.20. The molecule has 0 heterocycles. The molecule has 1 saturated carbocycles. The monoisotopic (exact) mass is 241 g/mol. The molecule has 1 aromatic carbocycles. The van der Waals surface area contributed by atoms with Gasteiger partial charge in [-0.2, -0.15) is 0 Å². The summed E-state index contributed by atoms with van der Waals surface area (Å²) in [4.78, 5) is 16.7. The summed E-state index contributed by atoms with van der Waals surface area (Å²) in [6.45, 7) is 0. The molecule has 92 valence electrons. The van der Waals surface area contributed by atoms with E-state index in [1.54, 1.807) is 0 Å². The van der Waals surface area contributed by atoms with Crippen LogP contribution in [0.25, 0.3) is 0 Å². The van der Waals surface area contributed by atoms with Gasteiger partial charge in [-0.15, -0.1) is 0 Å². The molecule has 3 nitrogen and oxygen atoms in total. The highest BCUT2D eigenvalue weighted by Gasteiger charge is 2.19. The summed E-state index contributed by atoms with van der Waals surface area (Å²) in [5.41, 5.74) is 1.82. The summed E-state index contributed by atoms with van der Waals surface area (Å²) >= 11 is 0. The van der Waals surface area contributed by atoms with E-state index in [0.717, 1.165) is 31.7 Å². The summed E-state index contributed by atoms with van der Waals surface area (Å²) in [6, 6.07) is 3.46. The van der Waals surface area contributed by atoms with Gasteiger partial charge in [0.25, 0.3) is 5.91 Å². The minimum atomic E-state index is -1.15. The van der Waals surface area contributed by atoms with Crippen LogP contribution in [-0.4, -0.2) is 12.0 Å². The van der Waals surface area contributed by atoms with Gasteiger partial charge >= 0.3 is 0 Å². The van der Waals surface area contributed by atoms with Crippen LogP contribution in [0.1, 0.15) is 36.0 Å². The molecule has 0 bridgehead atoms. The zero-order valence-electron chi connectivity index (χ0n) is 9.21. The van der Waals surface area contributed by atoms with Crippen molar-refractivity contribution in [2.24, 2.45) is 0 Å². The largest absolute Gasteiger partial charge is 0.277 e. The van der Waals surface area contributed by atoms with Crippen molar-refractivity contribution in [3.63, 3.8) is 0 Å². The van der Waals surface area contributed by atoms with Crippen LogP contribution < -0.4 is 5.48 Å². The van der Waals surface area contributed by atoms with Crippen LogP contribution in [0.15, 0.2) is 18.2 Å². The molecule has 0 atom stereocenters. The van der Waals surface area contributed by atoms with Crippen molar-refractivity contribution in [2.45, 2.75) is 31.8 Å². The van der Waals surface area contributed by atoms with E-state index in [4.69, 9.17) is 4.84 Å². The summed E-state index contributed by atoms with van der Waals surface area (Å²) in [7, 11) is 0. The van der Waals surface area contributed by atoms with Crippen LogP contribution in [0.3, 0.4) is 0 Å². The van der Waals surface area contributed by atoms with Gasteiger partial charge < -0.3 is 0 Å². The molecule has 1 amide bonds. The minimum Gasteiger partial charge on any atom is -0.270 e. The molecule has 1 aromatic rings. The topological polar surface area (TPSA) is 38.3 Å². The SMILES string of the molecule is O=C(NOC1CCCC1)c1cccc(F)c1F. The first-order valence-electron chi connectivity index (χ1n) is 5.58. The van der Waals surface area contributed by atoms with Gasteiger partial charge in [0, 0.05) is 0 Å². The Kier molecular flexibility index (Phi) is 3.68. The first-order chi connectivity index (χ1) is 8.18. The lowest BCUT2D eigenvalue weighted by Gasteiger charge is -2.11. The number of carbonyl (C=O) groups is 1. The predicted octanol–water partition coefficient (Wildman–Crippen LogP) is 2.57. The van der Waals surface area contributed by atoms with E-state index in [-0.39, 0.29) is 11.7 Å². The number of nitrogens with one attached hydrogen (secondary N) is 1. The van der Waals surface area contributed by atoms with Crippen LogP contribution in [0.2, 0.25) is 0 Å². The van der Waals surface area contributed by atoms with Gasteiger partial charge in [0.15, 0.2) is 11.6 Å². The molecule has 1 fully saturated rings. The van der Waals surface area contributed by atoms with E-state index in [9.17, 15) is 13.6 Å². The molecule has 1 aliphatic carbocycles. The van der Waals surface area contributed by atoms with Gasteiger partial charge in [-0.25, -0.2) is 14.3 Å². The van der Waals surface area contributed by atoms with Gasteiger partial charge in [-0.05, 0) is 25.0 Å². The average molecular weight is 241 g/mol. The Morgan fingerprint density at radius 1 is 1.29 bits per heavy atom. The summed E-state index contributed by atoms with van der Waals surface area (Å²) in [5.74, 6) is -2.95. The molecule has 1 N–H and O–H groups in total. The van der Waals surface area contributed by atoms with Crippen LogP contribution in [-0.2, 0) is 4.84 Å². The van der Waals surface area contributed by atoms with E-state index >= 15 is 0 Å². The fourth-order valence-corrected chi connectivity index (χ4v) is 1.88. The van der Waals surface area contributed by atoms with Gasteiger partial charge in [0.2, 0.25) is 0 Å². The molecule has 5 heteroatoms. The quantitative estimate of drug-likeness (QED) is 0.826. The van der Waals surface area contributed by atoms with E-state index in [1.807, 2.05) is 0 Å². The number of halogens is 2. The van der Waals surface area contributed by atoms with Crippen molar-refractivity contribution in [2.75, 3.05) is 0 Å². The molecule has 0 spiro atoms. The summed E-state index contributed by atoms with van der Waals surface area (Å²) < 4.78 is 26.1. The van der Waals surface area contributed by atoms with Crippen LogP contribution >= 0.6 is 0 Å². The number of hydroxylamine groups is 1. The minimum absolute atomic E-state index is 0.0180. The van der Waals surface area contributed by atoms with E-state index < -0.39 is 17.5 Å². The Bertz CT molecular complexity index is 417. The van der Waals surface area contributed by atoms with E-state index in [2.05, 4.69) is 5.48 Å². The Morgan fingerprint density at radius 3 is 2.71 bits per heavy atom. The fourth-order valence-electron chi connectivity index (χ4n) is 1.88. The smallest absolute Gasteiger partial charge is 0.270 e. The number of carbonyl (C=O) groups excluding carboxylic acids is 1. The number of rotatable bonds is 3. The van der Waals surface area contributed by atoms with Crippen molar-refractivity contribution in [1.82, 2.24) is 5.48 Å². The molecule has 2 rings (SSSR count). The second kappa shape index (κ2) is 5.23. The van der Waals surface area contributed by atoms with Crippen molar-refractivity contribution in [3.8, 4) is 0 Å². The van der Waals surface area contributed by atoms with Crippen molar-refractivity contribution < 1.29 is 18.4 Å². The molecule has 0 saturated heterocycles. The highest BCUT2D eigenvalue weighted by atomic mass is 19.2. The van der Waals surface area contributed by atoms with E-state index in [0.29, 0.717) is 0 Å². The summed E-state index contributed by atoms with van der Waals surface area (Å²) in [5, 5.41) is 0. The number of hydrogen-bond acceptors (Lipinski definition) is 2. The number of hydrogen-bond donors (Lipinski definition) is 1. The molecule has 17 heavy (non-hydrogen) atoms. The number of amides is 1. The first kappa shape index (κ1) is 12.0. The van der Waals surface area contributed by atoms with Gasteiger partial charge in [-0.1, -0.05) is 18.9 Å². The fraction of sp³-hybridized carbons (Fsp3) is 0.417. The predicted molar refractivity (Wildman–Crippen MR) is 57.2 cm³/mol. The average Bonchev–Trinajstić information content (AvgIpc) is 2.82. The Morgan fingerprint density at radius 2 is 2.00 bits per heavy atom. The maximum absolute atomic E-state index is 13.3. The van der Waals surface area contributed by atoms with Crippen molar-refractivity contribution in [1.29, 1.82) is 0 Å². The van der Waals surface area contributed by atoms with Gasteiger partial charge in [0.1, 0.15) is 0 Å². The van der Waals surface area contributed by atoms with Gasteiger partial charge in [-0.3, -0.25) is 9.63 Å². The molecule has 0 unspecified atom stereocenters. The third-order valence-corrected chi connectivity index (χ3v) is 2.82. The molecule has 0 aliphatic heterocycles. The molecule has 0 radical (unpaired) electrons. The molecule has 0 aromatic heterocycles. The zero-order chi connectivity index (χ0) is 12.3. The second-order valence-electron chi connectivity index (χ2n) is 4.06. The lowest BCUT2D eigenvalue weighted by atomic mass is 10.2. The molecular weight excluding hydrogens is 228 g/mol. The summed E-state index contributed by atoms with van der Waals surface area (Å²) in [6.07, 6.45) is 3.87. The number of benzene rings is 1. The van der Waals surface area contributed by atoms with Gasteiger partial charge in [0.05, 0.1) is 11.7 Å². The van der Waals surface area contributed by atoms with Crippen molar-refractivity contribution in [3.05, 3.63) is 35.4 Å². The first-order valence-corrected chi connectivity index (χ1v) is 5.58. The Hall–Kier alpha value is -1.49. The van der Waals surface area contributed by atoms with Crippen molar-refractivity contribution >= 4 is 5.91 Å². The third-order valence-electron chi connectivity index (χ3n) is 2.82. The second-order valence-corrected chi connectivity index (χ2v) is 4.06. The van der Waals surface area contributed by atoms with E-state index in [1.165, 1.54) is 12.1 Å². The van der Waals surface area contributed by atoms with Crippen LogP contribution in [0.5, 0.6) is 0 Å². The maximum Gasteiger partial charge on any atom is 0.277 e. The third kappa shape index (κ3) is 2.79. The Labute approximate surface area is 97.7 Å². The standard InChI is InChI=1S/C12H13F2NO2/c13-10-7-3-6-9(11(10)14)12(16)15-17-8-4-1-2-5-8/h3,6-8H,1-2,4-5H2,(H,15,16). The molecular formula is C12H13F2NO2. The molecule has 1 aliphatic rings. The lowest BCUT2D eigenvalue weighted by molar-refractivity contribution is -0.0127. The van der Waals surface area contributed by atoms with Crippen LogP contribution in [0, 0.1) is 11.6 Å². The zero-order valence-corrected chi connectivity index (χ0v) is 9.21. The lowest BCUT2D eigenvalue weighted by Crippen LogP contribution is -2.29. The highest BCUT2D eigenvalue weighted by molar-refractivity contribution is 5.93. The van der Waals surface area contributed by atoms with Crippen LogP contribution in [0.4, 0.5) is 8.78 Å². The Balaban J connectivity index is 1.97.